The average molecular weight is 471 g/mol. The molecule has 35 heavy (non-hydrogen) atoms. The molecule has 0 fully saturated rings. The average Bonchev–Trinajstić information content (AvgIpc) is 2.87. The number of carbonyl (C=O) groups is 1. The first-order valence-corrected chi connectivity index (χ1v) is 12.4. The van der Waals surface area contributed by atoms with Gasteiger partial charge in [-0.05, 0) is 55.9 Å². The number of carbonyl (C=O) groups excluding carboxylic acids is 1. The van der Waals surface area contributed by atoms with Crippen LogP contribution in [-0.2, 0) is 6.54 Å². The lowest BCUT2D eigenvalue weighted by atomic mass is 10.0. The van der Waals surface area contributed by atoms with Gasteiger partial charge in [0.05, 0.1) is 16.9 Å². The Bertz CT molecular complexity index is 1390. The molecule has 1 amide bonds. The van der Waals surface area contributed by atoms with Crippen LogP contribution in [0.15, 0.2) is 71.5 Å². The van der Waals surface area contributed by atoms with Gasteiger partial charge in [-0.25, -0.2) is 4.98 Å². The summed E-state index contributed by atoms with van der Waals surface area (Å²) in [7, 11) is 4.01. The summed E-state index contributed by atoms with van der Waals surface area (Å²) in [6.45, 7) is 5.91. The summed E-state index contributed by atoms with van der Waals surface area (Å²) in [4.78, 5) is 36.6. The lowest BCUT2D eigenvalue weighted by molar-refractivity contribution is 0.0643. The lowest BCUT2D eigenvalue weighted by Crippen LogP contribution is -2.42. The van der Waals surface area contributed by atoms with Gasteiger partial charge < -0.3 is 9.80 Å². The van der Waals surface area contributed by atoms with Crippen molar-refractivity contribution in [1.29, 1.82) is 0 Å². The number of nitrogens with zero attached hydrogens (tertiary/aromatic N) is 4. The molecule has 6 nitrogen and oxygen atoms in total. The Labute approximate surface area is 206 Å². The van der Waals surface area contributed by atoms with Crippen molar-refractivity contribution in [2.24, 2.45) is 0 Å². The Balaban J connectivity index is 1.88. The van der Waals surface area contributed by atoms with Gasteiger partial charge >= 0.3 is 0 Å². The Hall–Kier alpha value is -3.51. The monoisotopic (exact) mass is 470 g/mol. The van der Waals surface area contributed by atoms with E-state index in [0.717, 1.165) is 17.2 Å². The Morgan fingerprint density at radius 3 is 2.31 bits per heavy atom. The maximum atomic E-state index is 14.2. The first-order valence-electron chi connectivity index (χ1n) is 12.4. The van der Waals surface area contributed by atoms with E-state index >= 15 is 0 Å². The van der Waals surface area contributed by atoms with Crippen LogP contribution in [0, 0.1) is 0 Å². The molecule has 3 aromatic carbocycles. The predicted molar refractivity (Wildman–Crippen MR) is 143 cm³/mol. The van der Waals surface area contributed by atoms with Crippen molar-refractivity contribution in [2.75, 3.05) is 27.2 Å². The zero-order valence-electron chi connectivity index (χ0n) is 21.1. The smallest absolute Gasteiger partial charge is 0.261 e. The molecular formula is C29H34N4O2. The quantitative estimate of drug-likeness (QED) is 0.341. The summed E-state index contributed by atoms with van der Waals surface area (Å²) >= 11 is 0. The van der Waals surface area contributed by atoms with Crippen LogP contribution in [0.3, 0.4) is 0 Å². The maximum Gasteiger partial charge on any atom is 0.261 e. The van der Waals surface area contributed by atoms with Gasteiger partial charge in [-0.1, -0.05) is 62.4 Å². The summed E-state index contributed by atoms with van der Waals surface area (Å²) < 4.78 is 1.77. The molecule has 0 aliphatic heterocycles. The Kier molecular flexibility index (Phi) is 7.61. The van der Waals surface area contributed by atoms with Crippen molar-refractivity contribution < 1.29 is 4.79 Å². The number of fused-ring (bicyclic) bond motifs is 2. The highest BCUT2D eigenvalue weighted by atomic mass is 16.2. The van der Waals surface area contributed by atoms with Gasteiger partial charge in [0.25, 0.3) is 11.5 Å². The molecule has 4 rings (SSSR count). The van der Waals surface area contributed by atoms with Crippen LogP contribution >= 0.6 is 0 Å². The molecule has 1 atom stereocenters. The molecule has 4 aromatic rings. The van der Waals surface area contributed by atoms with E-state index in [9.17, 15) is 9.59 Å². The van der Waals surface area contributed by atoms with E-state index in [1.165, 1.54) is 0 Å². The van der Waals surface area contributed by atoms with Crippen LogP contribution in [0.25, 0.3) is 21.7 Å². The van der Waals surface area contributed by atoms with Gasteiger partial charge in [-0.3, -0.25) is 14.2 Å². The molecule has 6 heteroatoms. The fourth-order valence-corrected chi connectivity index (χ4v) is 4.69. The highest BCUT2D eigenvalue weighted by molar-refractivity contribution is 6.07. The molecule has 182 valence electrons. The number of hydrogen-bond donors (Lipinski definition) is 0. The molecule has 0 saturated heterocycles. The molecule has 1 heterocycles. The topological polar surface area (TPSA) is 58.4 Å². The van der Waals surface area contributed by atoms with E-state index in [2.05, 4.69) is 18.7 Å². The zero-order chi connectivity index (χ0) is 24.9. The molecule has 0 aliphatic carbocycles. The third kappa shape index (κ3) is 4.98. The van der Waals surface area contributed by atoms with E-state index in [1.807, 2.05) is 85.7 Å². The second-order valence-electron chi connectivity index (χ2n) is 9.20. The van der Waals surface area contributed by atoms with E-state index in [4.69, 9.17) is 4.98 Å². The third-order valence-electron chi connectivity index (χ3n) is 6.47. The van der Waals surface area contributed by atoms with Crippen LogP contribution in [0.4, 0.5) is 0 Å². The Morgan fingerprint density at radius 1 is 0.914 bits per heavy atom. The second kappa shape index (κ2) is 10.8. The van der Waals surface area contributed by atoms with Crippen LogP contribution in [0.1, 0.15) is 48.9 Å². The first kappa shape index (κ1) is 24.6. The minimum absolute atomic E-state index is 0.0408. The molecular weight excluding hydrogens is 436 g/mol. The van der Waals surface area contributed by atoms with Crippen molar-refractivity contribution in [2.45, 2.75) is 39.3 Å². The number of aromatic nitrogens is 2. The van der Waals surface area contributed by atoms with Gasteiger partial charge in [0, 0.05) is 25.2 Å². The number of benzene rings is 3. The summed E-state index contributed by atoms with van der Waals surface area (Å²) in [5.41, 5.74) is 1.30. The fourth-order valence-electron chi connectivity index (χ4n) is 4.69. The molecule has 1 unspecified atom stereocenters. The zero-order valence-corrected chi connectivity index (χ0v) is 21.1. The summed E-state index contributed by atoms with van der Waals surface area (Å²) in [6.07, 6.45) is 1.46. The van der Waals surface area contributed by atoms with Crippen LogP contribution in [0.2, 0.25) is 0 Å². The molecule has 0 aliphatic rings. The van der Waals surface area contributed by atoms with Crippen molar-refractivity contribution in [1.82, 2.24) is 19.4 Å². The molecule has 0 spiro atoms. The SMILES string of the molecule is CCCn1c(C(CC)N(CCN(C)C)C(=O)c2cccc3ccccc23)nc2ccccc2c1=O. The lowest BCUT2D eigenvalue weighted by Gasteiger charge is -2.33. The highest BCUT2D eigenvalue weighted by Crippen LogP contribution is 2.28. The number of likely N-dealkylation sites (N-methyl/N-ethyl adjacent to an activating group) is 1. The van der Waals surface area contributed by atoms with Crippen molar-refractivity contribution >= 4 is 27.6 Å². The van der Waals surface area contributed by atoms with Crippen LogP contribution < -0.4 is 5.56 Å². The summed E-state index contributed by atoms with van der Waals surface area (Å²) in [6, 6.07) is 21.0. The standard InChI is InChI=1S/C29H34N4O2/c1-5-18-33-27(30-25-17-10-9-15-24(25)29(33)35)26(6-2)32(20-19-31(3)4)28(34)23-16-11-13-21-12-7-8-14-22(21)23/h7-17,26H,5-6,18-20H2,1-4H3. The molecule has 0 radical (unpaired) electrons. The van der Waals surface area contributed by atoms with Gasteiger partial charge in [-0.15, -0.1) is 0 Å². The molecule has 0 bridgehead atoms. The highest BCUT2D eigenvalue weighted by Gasteiger charge is 2.29. The van der Waals surface area contributed by atoms with E-state index < -0.39 is 0 Å². The van der Waals surface area contributed by atoms with Gasteiger partial charge in [0.1, 0.15) is 5.82 Å². The van der Waals surface area contributed by atoms with Crippen molar-refractivity contribution in [3.05, 3.63) is 88.5 Å². The van der Waals surface area contributed by atoms with E-state index in [1.54, 1.807) is 4.57 Å². The number of para-hydroxylation sites is 1. The molecule has 0 N–H and O–H groups in total. The Morgan fingerprint density at radius 2 is 1.60 bits per heavy atom. The molecule has 0 saturated carbocycles. The van der Waals surface area contributed by atoms with Crippen LogP contribution in [0.5, 0.6) is 0 Å². The van der Waals surface area contributed by atoms with Crippen molar-refractivity contribution in [3.63, 3.8) is 0 Å². The van der Waals surface area contributed by atoms with E-state index in [0.29, 0.717) is 48.3 Å². The third-order valence-corrected chi connectivity index (χ3v) is 6.47. The summed E-state index contributed by atoms with van der Waals surface area (Å²) in [5.74, 6) is 0.617. The first-order chi connectivity index (χ1) is 17.0. The van der Waals surface area contributed by atoms with Gasteiger partial charge in [0.15, 0.2) is 0 Å². The normalized spacial score (nSPS) is 12.4. The minimum atomic E-state index is -0.328. The number of rotatable bonds is 9. The molecule has 1 aromatic heterocycles. The van der Waals surface area contributed by atoms with Gasteiger partial charge in [0.2, 0.25) is 0 Å². The fraction of sp³-hybridized carbons (Fsp3) is 0.345. The number of amides is 1. The maximum absolute atomic E-state index is 14.2. The largest absolute Gasteiger partial charge is 0.327 e. The van der Waals surface area contributed by atoms with Gasteiger partial charge in [-0.2, -0.15) is 0 Å². The second-order valence-corrected chi connectivity index (χ2v) is 9.20. The van der Waals surface area contributed by atoms with Crippen LogP contribution in [-0.4, -0.2) is 52.4 Å². The minimum Gasteiger partial charge on any atom is -0.327 e. The predicted octanol–water partition coefficient (Wildman–Crippen LogP) is 5.11. The van der Waals surface area contributed by atoms with E-state index in [-0.39, 0.29) is 17.5 Å². The number of hydrogen-bond acceptors (Lipinski definition) is 4. The summed E-state index contributed by atoms with van der Waals surface area (Å²) in [5, 5.41) is 2.58. The van der Waals surface area contributed by atoms with Crippen molar-refractivity contribution in [3.8, 4) is 0 Å².